The molecule has 1 heterocycles. The molecule has 1 saturated heterocycles. The maximum atomic E-state index is 13.5. The monoisotopic (exact) mass is 280 g/mol. The first kappa shape index (κ1) is 14.1. The van der Waals surface area contributed by atoms with Crippen LogP contribution in [0.1, 0.15) is 25.8 Å². The number of rotatable bonds is 3. The van der Waals surface area contributed by atoms with E-state index in [1.54, 1.807) is 13.8 Å². The van der Waals surface area contributed by atoms with E-state index in [2.05, 4.69) is 0 Å². The predicted octanol–water partition coefficient (Wildman–Crippen LogP) is 2.02. The molecule has 0 atom stereocenters. The van der Waals surface area contributed by atoms with Gasteiger partial charge < -0.3 is 0 Å². The summed E-state index contributed by atoms with van der Waals surface area (Å²) in [6.07, 6.45) is 0.112. The number of carbonyl (C=O) groups excluding carboxylic acids is 2. The van der Waals surface area contributed by atoms with E-state index in [1.807, 2.05) is 0 Å². The molecule has 6 nitrogen and oxygen atoms in total. The van der Waals surface area contributed by atoms with Crippen molar-refractivity contribution in [3.05, 3.63) is 39.7 Å². The first-order chi connectivity index (χ1) is 9.22. The molecule has 0 aliphatic carbocycles. The van der Waals surface area contributed by atoms with Crippen molar-refractivity contribution in [1.82, 2.24) is 4.90 Å². The second kappa shape index (κ2) is 4.66. The van der Waals surface area contributed by atoms with Crippen LogP contribution in [0.15, 0.2) is 18.2 Å². The molecule has 1 aliphatic heterocycles. The van der Waals surface area contributed by atoms with E-state index in [9.17, 15) is 24.1 Å². The first-order valence-electron chi connectivity index (χ1n) is 6.00. The van der Waals surface area contributed by atoms with Gasteiger partial charge in [0.05, 0.1) is 16.9 Å². The molecule has 1 aromatic carbocycles. The van der Waals surface area contributed by atoms with Gasteiger partial charge in [0.15, 0.2) is 0 Å². The maximum Gasteiger partial charge on any atom is 0.304 e. The number of imide groups is 1. The molecular weight excluding hydrogens is 267 g/mol. The van der Waals surface area contributed by atoms with Crippen molar-refractivity contribution in [2.75, 3.05) is 0 Å². The molecule has 2 rings (SSSR count). The van der Waals surface area contributed by atoms with Gasteiger partial charge >= 0.3 is 5.69 Å². The van der Waals surface area contributed by atoms with Crippen LogP contribution in [0.2, 0.25) is 0 Å². The van der Waals surface area contributed by atoms with Crippen molar-refractivity contribution in [3.63, 3.8) is 0 Å². The van der Waals surface area contributed by atoms with Crippen molar-refractivity contribution in [3.8, 4) is 0 Å². The lowest BCUT2D eigenvalue weighted by Gasteiger charge is -2.17. The van der Waals surface area contributed by atoms with Crippen molar-refractivity contribution in [2.24, 2.45) is 5.41 Å². The summed E-state index contributed by atoms with van der Waals surface area (Å²) in [7, 11) is 0. The third kappa shape index (κ3) is 2.38. The Morgan fingerprint density at radius 3 is 2.50 bits per heavy atom. The van der Waals surface area contributed by atoms with Crippen LogP contribution < -0.4 is 0 Å². The number of nitrogens with zero attached hydrogens (tertiary/aromatic N) is 2. The molecular formula is C13H13FN2O4. The number of carbonyl (C=O) groups is 2. The maximum absolute atomic E-state index is 13.5. The standard InChI is InChI=1S/C13H13FN2O4/c1-13(2)6-11(17)15(12(13)18)7-8-3-4-10(16(19)20)9(14)5-8/h3-5H,6-7H2,1-2H3. The summed E-state index contributed by atoms with van der Waals surface area (Å²) < 4.78 is 13.5. The molecule has 0 radical (unpaired) electrons. The van der Waals surface area contributed by atoms with Crippen LogP contribution in [-0.2, 0) is 16.1 Å². The lowest BCUT2D eigenvalue weighted by atomic mass is 9.92. The van der Waals surface area contributed by atoms with E-state index in [4.69, 9.17) is 0 Å². The van der Waals surface area contributed by atoms with E-state index in [1.165, 1.54) is 6.07 Å². The zero-order valence-corrected chi connectivity index (χ0v) is 11.1. The zero-order chi connectivity index (χ0) is 15.1. The fraction of sp³-hybridized carbons (Fsp3) is 0.385. The highest BCUT2D eigenvalue weighted by atomic mass is 19.1. The topological polar surface area (TPSA) is 80.5 Å². The number of amides is 2. The Morgan fingerprint density at radius 2 is 2.05 bits per heavy atom. The highest BCUT2D eigenvalue weighted by Gasteiger charge is 2.44. The van der Waals surface area contributed by atoms with E-state index in [-0.39, 0.29) is 24.8 Å². The number of likely N-dealkylation sites (tertiary alicyclic amines) is 1. The molecule has 1 aromatic rings. The molecule has 0 bridgehead atoms. The number of nitro groups is 1. The summed E-state index contributed by atoms with van der Waals surface area (Å²) in [4.78, 5) is 34.5. The molecule has 1 fully saturated rings. The normalized spacial score (nSPS) is 17.6. The highest BCUT2D eigenvalue weighted by molar-refractivity contribution is 6.05. The largest absolute Gasteiger partial charge is 0.304 e. The van der Waals surface area contributed by atoms with Crippen molar-refractivity contribution >= 4 is 17.5 Å². The Bertz CT molecular complexity index is 612. The number of hydrogen-bond acceptors (Lipinski definition) is 4. The minimum atomic E-state index is -0.981. The number of nitro benzene ring substituents is 1. The van der Waals surface area contributed by atoms with Crippen LogP contribution in [-0.4, -0.2) is 21.6 Å². The lowest BCUT2D eigenvalue weighted by Crippen LogP contribution is -2.32. The van der Waals surface area contributed by atoms with E-state index in [0.29, 0.717) is 5.56 Å². The molecule has 0 spiro atoms. The summed E-state index contributed by atoms with van der Waals surface area (Å²) in [6, 6.07) is 3.35. The molecule has 20 heavy (non-hydrogen) atoms. The number of hydrogen-bond donors (Lipinski definition) is 0. The molecule has 2 amide bonds. The van der Waals surface area contributed by atoms with Gasteiger partial charge in [-0.3, -0.25) is 24.6 Å². The van der Waals surface area contributed by atoms with Gasteiger partial charge in [-0.1, -0.05) is 19.9 Å². The van der Waals surface area contributed by atoms with Crippen molar-refractivity contribution < 1.29 is 18.9 Å². The van der Waals surface area contributed by atoms with Crippen LogP contribution in [0, 0.1) is 21.3 Å². The average molecular weight is 280 g/mol. The van der Waals surface area contributed by atoms with Gasteiger partial charge in [-0.25, -0.2) is 0 Å². The van der Waals surface area contributed by atoms with Crippen LogP contribution in [0.4, 0.5) is 10.1 Å². The number of halogens is 1. The molecule has 0 N–H and O–H groups in total. The Labute approximate surface area is 114 Å². The Morgan fingerprint density at radius 1 is 1.40 bits per heavy atom. The molecule has 0 aromatic heterocycles. The van der Waals surface area contributed by atoms with Gasteiger partial charge in [0.25, 0.3) is 0 Å². The third-order valence-electron chi connectivity index (χ3n) is 3.27. The highest BCUT2D eigenvalue weighted by Crippen LogP contribution is 2.32. The molecule has 0 unspecified atom stereocenters. The van der Waals surface area contributed by atoms with Crippen molar-refractivity contribution in [1.29, 1.82) is 0 Å². The van der Waals surface area contributed by atoms with Crippen LogP contribution in [0.3, 0.4) is 0 Å². The average Bonchev–Trinajstić information content (AvgIpc) is 2.51. The Kier molecular flexibility index (Phi) is 3.29. The molecule has 7 heteroatoms. The van der Waals surface area contributed by atoms with Gasteiger partial charge in [-0.2, -0.15) is 4.39 Å². The summed E-state index contributed by atoms with van der Waals surface area (Å²) >= 11 is 0. The fourth-order valence-electron chi connectivity index (χ4n) is 2.17. The third-order valence-corrected chi connectivity index (χ3v) is 3.27. The minimum Gasteiger partial charge on any atom is -0.278 e. The van der Waals surface area contributed by atoms with Gasteiger partial charge in [0.1, 0.15) is 0 Å². The van der Waals surface area contributed by atoms with Crippen molar-refractivity contribution in [2.45, 2.75) is 26.8 Å². The smallest absolute Gasteiger partial charge is 0.278 e. The first-order valence-corrected chi connectivity index (χ1v) is 6.00. The lowest BCUT2D eigenvalue weighted by molar-refractivity contribution is -0.387. The summed E-state index contributed by atoms with van der Waals surface area (Å²) in [5.74, 6) is -1.62. The summed E-state index contributed by atoms with van der Waals surface area (Å²) in [5.41, 5.74) is -1.04. The van der Waals surface area contributed by atoms with Gasteiger partial charge in [0.2, 0.25) is 17.6 Å². The second-order valence-electron chi connectivity index (χ2n) is 5.39. The van der Waals surface area contributed by atoms with E-state index < -0.39 is 21.8 Å². The predicted molar refractivity (Wildman–Crippen MR) is 67.0 cm³/mol. The van der Waals surface area contributed by atoms with Crippen LogP contribution >= 0.6 is 0 Å². The molecule has 0 saturated carbocycles. The van der Waals surface area contributed by atoms with Gasteiger partial charge in [-0.05, 0) is 11.6 Å². The Hall–Kier alpha value is -2.31. The summed E-state index contributed by atoms with van der Waals surface area (Å²) in [5, 5.41) is 10.5. The van der Waals surface area contributed by atoms with Crippen LogP contribution in [0.5, 0.6) is 0 Å². The SMILES string of the molecule is CC1(C)CC(=O)N(Cc2ccc([N+](=O)[O-])c(F)c2)C1=O. The van der Waals surface area contributed by atoms with Gasteiger partial charge in [-0.15, -0.1) is 0 Å². The van der Waals surface area contributed by atoms with E-state index in [0.717, 1.165) is 17.0 Å². The van der Waals surface area contributed by atoms with Gasteiger partial charge in [0, 0.05) is 12.5 Å². The quantitative estimate of drug-likeness (QED) is 0.482. The molecule has 106 valence electrons. The zero-order valence-electron chi connectivity index (χ0n) is 11.1. The summed E-state index contributed by atoms with van der Waals surface area (Å²) in [6.45, 7) is 3.27. The second-order valence-corrected chi connectivity index (χ2v) is 5.39. The van der Waals surface area contributed by atoms with Crippen LogP contribution in [0.25, 0.3) is 0 Å². The molecule has 1 aliphatic rings. The fourth-order valence-corrected chi connectivity index (χ4v) is 2.17. The Balaban J connectivity index is 2.23. The van der Waals surface area contributed by atoms with E-state index >= 15 is 0 Å². The number of benzene rings is 1. The minimum absolute atomic E-state index is 0.0734.